The fraction of sp³-hybridized carbons (Fsp3) is 0.200. The van der Waals surface area contributed by atoms with Crippen molar-refractivity contribution in [2.24, 2.45) is 0 Å². The molecule has 3 nitrogen and oxygen atoms in total. The van der Waals surface area contributed by atoms with E-state index >= 15 is 0 Å². The highest BCUT2D eigenvalue weighted by Gasteiger charge is 2.29. The Bertz CT molecular complexity index is 887. The van der Waals surface area contributed by atoms with E-state index in [1.54, 1.807) is 11.8 Å². The molecule has 0 saturated carbocycles. The number of carbonyl (C=O) groups excluding carboxylic acids is 1. The third kappa shape index (κ3) is 4.27. The summed E-state index contributed by atoms with van der Waals surface area (Å²) >= 11 is 9.32. The predicted molar refractivity (Wildman–Crippen MR) is 109 cm³/mol. The van der Waals surface area contributed by atoms with E-state index in [4.69, 9.17) is 11.6 Å². The average molecular weight is 401 g/mol. The number of hydrogen-bond acceptors (Lipinski definition) is 4. The van der Waals surface area contributed by atoms with Crippen molar-refractivity contribution < 1.29 is 4.79 Å². The minimum absolute atomic E-state index is 0.0652. The van der Waals surface area contributed by atoms with E-state index in [0.29, 0.717) is 21.4 Å². The Hall–Kier alpha value is -1.87. The van der Waals surface area contributed by atoms with Gasteiger partial charge in [0.25, 0.3) is 0 Å². The van der Waals surface area contributed by atoms with Gasteiger partial charge in [-0.1, -0.05) is 41.9 Å². The number of halogens is 1. The standard InChI is InChI=1S/C20H17ClN2OS2/c1-25-15-8-6-13(7-9-15)16-10-19(24)23-20(17(16)11-22)26-12-14-4-2-3-5-18(14)21/h2-9,16H,10,12H2,1H3,(H,23,24)/t16-/m0/s1. The molecular weight excluding hydrogens is 384 g/mol. The maximum absolute atomic E-state index is 12.2. The van der Waals surface area contributed by atoms with Crippen LogP contribution in [0.15, 0.2) is 64.0 Å². The Morgan fingerprint density at radius 3 is 2.62 bits per heavy atom. The van der Waals surface area contributed by atoms with Gasteiger partial charge in [0.15, 0.2) is 0 Å². The maximum Gasteiger partial charge on any atom is 0.225 e. The Morgan fingerprint density at radius 2 is 1.96 bits per heavy atom. The van der Waals surface area contributed by atoms with Crippen LogP contribution in [0.1, 0.15) is 23.5 Å². The first kappa shape index (κ1) is 18.9. The van der Waals surface area contributed by atoms with Gasteiger partial charge >= 0.3 is 0 Å². The van der Waals surface area contributed by atoms with Gasteiger partial charge in [0.1, 0.15) is 0 Å². The first-order valence-electron chi connectivity index (χ1n) is 8.06. The van der Waals surface area contributed by atoms with Crippen LogP contribution in [-0.2, 0) is 10.5 Å². The number of nitriles is 1. The van der Waals surface area contributed by atoms with E-state index in [2.05, 4.69) is 11.4 Å². The van der Waals surface area contributed by atoms with E-state index in [9.17, 15) is 10.1 Å². The minimum Gasteiger partial charge on any atom is -0.320 e. The first-order valence-corrected chi connectivity index (χ1v) is 10.7. The normalized spacial score (nSPS) is 17.0. The molecule has 26 heavy (non-hydrogen) atoms. The van der Waals surface area contributed by atoms with Crippen LogP contribution in [0.2, 0.25) is 5.02 Å². The Labute approximate surface area is 166 Å². The third-order valence-electron chi connectivity index (χ3n) is 4.20. The highest BCUT2D eigenvalue weighted by molar-refractivity contribution is 8.02. The van der Waals surface area contributed by atoms with Crippen molar-refractivity contribution in [1.29, 1.82) is 5.26 Å². The number of allylic oxidation sites excluding steroid dienone is 1. The van der Waals surface area contributed by atoms with Gasteiger partial charge < -0.3 is 5.32 Å². The zero-order valence-electron chi connectivity index (χ0n) is 14.2. The van der Waals surface area contributed by atoms with Crippen molar-refractivity contribution in [3.05, 3.63) is 75.3 Å². The maximum atomic E-state index is 12.2. The lowest BCUT2D eigenvalue weighted by atomic mass is 9.87. The molecule has 0 aromatic heterocycles. The summed E-state index contributed by atoms with van der Waals surface area (Å²) in [6, 6.07) is 18.0. The van der Waals surface area contributed by atoms with Gasteiger partial charge in [0, 0.05) is 28.0 Å². The molecule has 1 heterocycles. The lowest BCUT2D eigenvalue weighted by Gasteiger charge is -2.25. The molecule has 0 unspecified atom stereocenters. The molecule has 0 fully saturated rings. The van der Waals surface area contributed by atoms with E-state index in [-0.39, 0.29) is 18.2 Å². The highest BCUT2D eigenvalue weighted by Crippen LogP contribution is 2.37. The zero-order valence-corrected chi connectivity index (χ0v) is 16.5. The Balaban J connectivity index is 1.88. The molecule has 2 aromatic rings. The van der Waals surface area contributed by atoms with E-state index in [1.165, 1.54) is 11.8 Å². The number of amides is 1. The van der Waals surface area contributed by atoms with E-state index in [1.807, 2.05) is 54.8 Å². The van der Waals surface area contributed by atoms with Gasteiger partial charge in [-0.3, -0.25) is 4.79 Å². The van der Waals surface area contributed by atoms with Gasteiger partial charge in [0.05, 0.1) is 16.7 Å². The second kappa shape index (κ2) is 8.68. The van der Waals surface area contributed by atoms with Gasteiger partial charge in [0.2, 0.25) is 5.91 Å². The molecule has 0 bridgehead atoms. The van der Waals surface area contributed by atoms with Crippen LogP contribution in [0.5, 0.6) is 0 Å². The summed E-state index contributed by atoms with van der Waals surface area (Å²) in [5.41, 5.74) is 2.58. The van der Waals surface area contributed by atoms with Crippen molar-refractivity contribution in [3.63, 3.8) is 0 Å². The second-order valence-corrected chi connectivity index (χ2v) is 8.09. The molecule has 1 N–H and O–H groups in total. The molecule has 0 spiro atoms. The van der Waals surface area contributed by atoms with Crippen molar-refractivity contribution in [2.75, 3.05) is 6.26 Å². The SMILES string of the molecule is CSc1ccc([C@@H]2CC(=O)NC(SCc3ccccc3Cl)=C2C#N)cc1. The number of benzene rings is 2. The fourth-order valence-electron chi connectivity index (χ4n) is 2.82. The van der Waals surface area contributed by atoms with Crippen LogP contribution >= 0.6 is 35.1 Å². The van der Waals surface area contributed by atoms with Crippen LogP contribution in [-0.4, -0.2) is 12.2 Å². The molecule has 6 heteroatoms. The lowest BCUT2D eigenvalue weighted by Crippen LogP contribution is -2.30. The summed E-state index contributed by atoms with van der Waals surface area (Å²) in [6.07, 6.45) is 2.31. The zero-order chi connectivity index (χ0) is 18.5. The third-order valence-corrected chi connectivity index (χ3v) is 6.38. The summed E-state index contributed by atoms with van der Waals surface area (Å²) in [6.45, 7) is 0. The largest absolute Gasteiger partial charge is 0.320 e. The van der Waals surface area contributed by atoms with Crippen LogP contribution < -0.4 is 5.32 Å². The predicted octanol–water partition coefficient (Wildman–Crippen LogP) is 5.33. The monoisotopic (exact) mass is 400 g/mol. The van der Waals surface area contributed by atoms with Crippen LogP contribution in [0.25, 0.3) is 0 Å². The van der Waals surface area contributed by atoms with E-state index in [0.717, 1.165) is 16.0 Å². The molecule has 1 amide bonds. The van der Waals surface area contributed by atoms with Crippen LogP contribution in [0, 0.1) is 11.3 Å². The molecule has 2 aromatic carbocycles. The van der Waals surface area contributed by atoms with Crippen LogP contribution in [0.4, 0.5) is 0 Å². The van der Waals surface area contributed by atoms with E-state index < -0.39 is 0 Å². The number of hydrogen-bond donors (Lipinski definition) is 1. The van der Waals surface area contributed by atoms with Gasteiger partial charge in [-0.05, 0) is 35.6 Å². The smallest absolute Gasteiger partial charge is 0.225 e. The average Bonchev–Trinajstić information content (AvgIpc) is 2.67. The van der Waals surface area contributed by atoms with Gasteiger partial charge in [-0.25, -0.2) is 0 Å². The molecule has 1 atom stereocenters. The molecule has 1 aliphatic heterocycles. The summed E-state index contributed by atoms with van der Waals surface area (Å²) < 4.78 is 0. The molecule has 3 rings (SSSR count). The molecule has 132 valence electrons. The van der Waals surface area contributed by atoms with Crippen molar-refractivity contribution in [2.45, 2.75) is 23.0 Å². The molecule has 1 aliphatic rings. The minimum atomic E-state index is -0.210. The Kier molecular flexibility index (Phi) is 6.31. The molecule has 0 radical (unpaired) electrons. The molecular formula is C20H17ClN2OS2. The van der Waals surface area contributed by atoms with Gasteiger partial charge in [-0.2, -0.15) is 5.26 Å². The van der Waals surface area contributed by atoms with Crippen molar-refractivity contribution >= 4 is 41.0 Å². The number of nitrogens with one attached hydrogen (secondary N) is 1. The summed E-state index contributed by atoms with van der Waals surface area (Å²) in [4.78, 5) is 13.4. The van der Waals surface area contributed by atoms with Crippen LogP contribution in [0.3, 0.4) is 0 Å². The number of nitrogens with zero attached hydrogens (tertiary/aromatic N) is 1. The lowest BCUT2D eigenvalue weighted by molar-refractivity contribution is -0.120. The van der Waals surface area contributed by atoms with Crippen molar-refractivity contribution in [3.8, 4) is 6.07 Å². The fourth-order valence-corrected chi connectivity index (χ4v) is 4.59. The molecule has 0 aliphatic carbocycles. The summed E-state index contributed by atoms with van der Waals surface area (Å²) in [7, 11) is 0. The topological polar surface area (TPSA) is 52.9 Å². The highest BCUT2D eigenvalue weighted by atomic mass is 35.5. The quantitative estimate of drug-likeness (QED) is 0.689. The molecule has 0 saturated heterocycles. The number of carbonyl (C=O) groups is 1. The second-order valence-electron chi connectivity index (χ2n) is 5.81. The Morgan fingerprint density at radius 1 is 1.23 bits per heavy atom. The summed E-state index contributed by atoms with van der Waals surface area (Å²) in [5, 5.41) is 13.9. The van der Waals surface area contributed by atoms with Gasteiger partial charge in [-0.15, -0.1) is 23.5 Å². The first-order chi connectivity index (χ1) is 12.6. The number of rotatable bonds is 5. The summed E-state index contributed by atoms with van der Waals surface area (Å²) in [5.74, 6) is 0.321. The van der Waals surface area contributed by atoms with Crippen molar-refractivity contribution in [1.82, 2.24) is 5.32 Å². The number of thioether (sulfide) groups is 2.